The Morgan fingerprint density at radius 3 is 2.40 bits per heavy atom. The molecule has 5 heteroatoms. The largest absolute Gasteiger partial charge is 0.493 e. The smallest absolute Gasteiger partial charge is 0.409 e. The van der Waals surface area contributed by atoms with E-state index < -0.39 is 6.09 Å². The van der Waals surface area contributed by atoms with E-state index in [9.17, 15) is 4.79 Å². The fourth-order valence-corrected chi connectivity index (χ4v) is 1.30. The van der Waals surface area contributed by atoms with E-state index in [1.54, 1.807) is 13.2 Å². The Bertz CT molecular complexity index is 376. The van der Waals surface area contributed by atoms with Gasteiger partial charge in [-0.15, -0.1) is 0 Å². The van der Waals surface area contributed by atoms with Crippen molar-refractivity contribution in [2.24, 2.45) is 5.73 Å². The number of carbonyl (C=O) groups is 1. The average Bonchev–Trinajstić information content (AvgIpc) is 2.15. The summed E-state index contributed by atoms with van der Waals surface area (Å²) in [6, 6.07) is 3.18. The Balaban J connectivity index is 3.13. The van der Waals surface area contributed by atoms with E-state index in [1.807, 2.05) is 6.92 Å². The number of hydrogen-bond acceptors (Lipinski definition) is 4. The van der Waals surface area contributed by atoms with Crippen LogP contribution < -0.4 is 19.9 Å². The molecule has 0 aliphatic rings. The second kappa shape index (κ2) is 4.54. The lowest BCUT2D eigenvalue weighted by atomic mass is 10.2. The quantitative estimate of drug-likeness (QED) is 0.821. The normalized spacial score (nSPS) is 9.53. The van der Waals surface area contributed by atoms with Crippen LogP contribution in [0.1, 0.15) is 5.56 Å². The predicted molar refractivity (Wildman–Crippen MR) is 54.5 cm³/mol. The predicted octanol–water partition coefficient (Wildman–Crippen LogP) is 1.47. The highest BCUT2D eigenvalue weighted by atomic mass is 16.5. The highest BCUT2D eigenvalue weighted by Gasteiger charge is 2.10. The highest BCUT2D eigenvalue weighted by Crippen LogP contribution is 2.34. The molecular formula is C10H13NO4. The van der Waals surface area contributed by atoms with Gasteiger partial charge in [0.05, 0.1) is 14.2 Å². The number of methoxy groups -OCH3 is 2. The molecule has 0 saturated heterocycles. The maximum Gasteiger partial charge on any atom is 0.409 e. The summed E-state index contributed by atoms with van der Waals surface area (Å²) < 4.78 is 15.0. The summed E-state index contributed by atoms with van der Waals surface area (Å²) >= 11 is 0. The molecule has 1 rings (SSSR count). The molecule has 0 fully saturated rings. The third-order valence-corrected chi connectivity index (χ3v) is 1.86. The minimum absolute atomic E-state index is 0.331. The maximum atomic E-state index is 10.6. The van der Waals surface area contributed by atoms with Crippen molar-refractivity contribution in [3.63, 3.8) is 0 Å². The molecule has 0 aliphatic carbocycles. The van der Waals surface area contributed by atoms with Crippen LogP contribution >= 0.6 is 0 Å². The summed E-state index contributed by atoms with van der Waals surface area (Å²) in [5.74, 6) is 1.43. The van der Waals surface area contributed by atoms with Gasteiger partial charge in [-0.3, -0.25) is 0 Å². The zero-order valence-electron chi connectivity index (χ0n) is 8.87. The second-order valence-electron chi connectivity index (χ2n) is 2.90. The lowest BCUT2D eigenvalue weighted by Crippen LogP contribution is -2.16. The summed E-state index contributed by atoms with van der Waals surface area (Å²) in [6.07, 6.45) is -0.860. The molecular weight excluding hydrogens is 198 g/mol. The molecule has 0 aliphatic heterocycles. The summed E-state index contributed by atoms with van der Waals surface area (Å²) in [6.45, 7) is 1.81. The number of rotatable bonds is 3. The molecule has 0 heterocycles. The van der Waals surface area contributed by atoms with Crippen LogP contribution in [-0.2, 0) is 0 Å². The zero-order chi connectivity index (χ0) is 11.4. The van der Waals surface area contributed by atoms with Crippen molar-refractivity contribution < 1.29 is 19.0 Å². The van der Waals surface area contributed by atoms with Gasteiger partial charge in [-0.1, -0.05) is 0 Å². The van der Waals surface area contributed by atoms with Gasteiger partial charge in [0.25, 0.3) is 0 Å². The first-order valence-electron chi connectivity index (χ1n) is 4.28. The molecule has 82 valence electrons. The lowest BCUT2D eigenvalue weighted by molar-refractivity contribution is 0.210. The third kappa shape index (κ3) is 2.52. The molecule has 1 amide bonds. The first-order chi connectivity index (χ1) is 7.08. The number of primary amides is 1. The number of ether oxygens (including phenoxy) is 3. The van der Waals surface area contributed by atoms with E-state index in [0.717, 1.165) is 5.56 Å². The Morgan fingerprint density at radius 1 is 1.27 bits per heavy atom. The Morgan fingerprint density at radius 2 is 1.93 bits per heavy atom. The minimum atomic E-state index is -0.860. The van der Waals surface area contributed by atoms with Gasteiger partial charge in [0.15, 0.2) is 11.5 Å². The molecule has 0 saturated carbocycles. The van der Waals surface area contributed by atoms with E-state index in [2.05, 4.69) is 0 Å². The summed E-state index contributed by atoms with van der Waals surface area (Å²) in [4.78, 5) is 10.6. The van der Waals surface area contributed by atoms with Gasteiger partial charge in [-0.2, -0.15) is 0 Å². The van der Waals surface area contributed by atoms with E-state index in [-0.39, 0.29) is 0 Å². The first kappa shape index (κ1) is 11.2. The molecule has 2 N–H and O–H groups in total. The number of amides is 1. The lowest BCUT2D eigenvalue weighted by Gasteiger charge is -2.11. The van der Waals surface area contributed by atoms with Crippen LogP contribution in [0.4, 0.5) is 4.79 Å². The summed E-state index contributed by atoms with van der Waals surface area (Å²) in [7, 11) is 3.05. The molecule has 0 spiro atoms. The third-order valence-electron chi connectivity index (χ3n) is 1.86. The fourth-order valence-electron chi connectivity index (χ4n) is 1.30. The molecule has 0 unspecified atom stereocenters. The molecule has 15 heavy (non-hydrogen) atoms. The van der Waals surface area contributed by atoms with Gasteiger partial charge in [0, 0.05) is 6.07 Å². The Kier molecular flexibility index (Phi) is 3.38. The van der Waals surface area contributed by atoms with Crippen molar-refractivity contribution in [2.45, 2.75) is 6.92 Å². The van der Waals surface area contributed by atoms with Crippen molar-refractivity contribution in [3.8, 4) is 17.2 Å². The maximum absolute atomic E-state index is 10.6. The number of hydrogen-bond donors (Lipinski definition) is 1. The van der Waals surface area contributed by atoms with Crippen molar-refractivity contribution in [2.75, 3.05) is 14.2 Å². The van der Waals surface area contributed by atoms with Crippen LogP contribution in [0.25, 0.3) is 0 Å². The van der Waals surface area contributed by atoms with Crippen molar-refractivity contribution in [3.05, 3.63) is 17.7 Å². The van der Waals surface area contributed by atoms with Gasteiger partial charge >= 0.3 is 6.09 Å². The molecule has 0 aromatic heterocycles. The molecule has 0 radical (unpaired) electrons. The first-order valence-corrected chi connectivity index (χ1v) is 4.28. The molecule has 0 bridgehead atoms. The van der Waals surface area contributed by atoms with E-state index in [4.69, 9.17) is 19.9 Å². The zero-order valence-corrected chi connectivity index (χ0v) is 8.87. The van der Waals surface area contributed by atoms with Gasteiger partial charge < -0.3 is 19.9 Å². The van der Waals surface area contributed by atoms with Crippen molar-refractivity contribution in [1.82, 2.24) is 0 Å². The Hall–Kier alpha value is -1.91. The van der Waals surface area contributed by atoms with Crippen molar-refractivity contribution in [1.29, 1.82) is 0 Å². The number of carbonyl (C=O) groups excluding carboxylic acids is 1. The van der Waals surface area contributed by atoms with Crippen LogP contribution in [0.15, 0.2) is 12.1 Å². The van der Waals surface area contributed by atoms with Gasteiger partial charge in [0.2, 0.25) is 0 Å². The molecule has 0 atom stereocenters. The van der Waals surface area contributed by atoms with Crippen LogP contribution in [0.2, 0.25) is 0 Å². The SMILES string of the molecule is COc1cc(OC(N)=O)cc(C)c1OC. The number of aryl methyl sites for hydroxylation is 1. The summed E-state index contributed by atoms with van der Waals surface area (Å²) in [5.41, 5.74) is 5.70. The van der Waals surface area contributed by atoms with Crippen molar-refractivity contribution >= 4 is 6.09 Å². The number of nitrogens with two attached hydrogens (primary N) is 1. The number of benzene rings is 1. The molecule has 1 aromatic rings. The topological polar surface area (TPSA) is 70.8 Å². The van der Waals surface area contributed by atoms with Crippen LogP contribution in [-0.4, -0.2) is 20.3 Å². The second-order valence-corrected chi connectivity index (χ2v) is 2.90. The summed E-state index contributed by atoms with van der Waals surface area (Å²) in [5, 5.41) is 0. The minimum Gasteiger partial charge on any atom is -0.493 e. The molecule has 1 aromatic carbocycles. The molecule has 5 nitrogen and oxygen atoms in total. The highest BCUT2D eigenvalue weighted by molar-refractivity contribution is 5.69. The van der Waals surface area contributed by atoms with E-state index in [0.29, 0.717) is 17.2 Å². The van der Waals surface area contributed by atoms with Crippen LogP contribution in [0, 0.1) is 6.92 Å². The van der Waals surface area contributed by atoms with Gasteiger partial charge in [-0.25, -0.2) is 4.79 Å². The van der Waals surface area contributed by atoms with Crippen LogP contribution in [0.5, 0.6) is 17.2 Å². The van der Waals surface area contributed by atoms with Gasteiger partial charge in [0.1, 0.15) is 5.75 Å². The van der Waals surface area contributed by atoms with Crippen LogP contribution in [0.3, 0.4) is 0 Å². The van der Waals surface area contributed by atoms with E-state index in [1.165, 1.54) is 13.2 Å². The van der Waals surface area contributed by atoms with E-state index >= 15 is 0 Å². The monoisotopic (exact) mass is 211 g/mol. The fraction of sp³-hybridized carbons (Fsp3) is 0.300. The van der Waals surface area contributed by atoms with Gasteiger partial charge in [-0.05, 0) is 18.6 Å². The Labute approximate surface area is 87.7 Å². The average molecular weight is 211 g/mol. The standard InChI is InChI=1S/C10H13NO4/c1-6-4-7(15-10(11)12)5-8(13-2)9(6)14-3/h4-5H,1-3H3,(H2,11,12).